The van der Waals surface area contributed by atoms with Crippen LogP contribution in [0.4, 0.5) is 0 Å². The number of rotatable bonds is 9. The molecule has 0 spiro atoms. The normalized spacial score (nSPS) is 15.9. The molecule has 20 heavy (non-hydrogen) atoms. The zero-order valence-electron chi connectivity index (χ0n) is 14.3. The number of carbonyl (C=O) groups is 1. The van der Waals surface area contributed by atoms with Gasteiger partial charge in [0.15, 0.2) is 0 Å². The highest BCUT2D eigenvalue weighted by Crippen LogP contribution is 2.25. The van der Waals surface area contributed by atoms with E-state index in [9.17, 15) is 4.79 Å². The van der Waals surface area contributed by atoms with Crippen molar-refractivity contribution in [2.24, 2.45) is 11.1 Å². The van der Waals surface area contributed by atoms with Gasteiger partial charge in [0.25, 0.3) is 0 Å². The van der Waals surface area contributed by atoms with Gasteiger partial charge < -0.3 is 15.2 Å². The first-order valence-corrected chi connectivity index (χ1v) is 7.45. The van der Waals surface area contributed by atoms with Gasteiger partial charge in [-0.15, -0.1) is 0 Å². The van der Waals surface area contributed by atoms with E-state index in [0.717, 1.165) is 19.4 Å². The largest absolute Gasteiger partial charge is 0.375 e. The molecule has 0 aromatic carbocycles. The van der Waals surface area contributed by atoms with E-state index in [1.807, 2.05) is 13.8 Å². The molecule has 0 fully saturated rings. The second-order valence-electron chi connectivity index (χ2n) is 7.65. The summed E-state index contributed by atoms with van der Waals surface area (Å²) < 4.78 is 11.9. The zero-order chi connectivity index (χ0) is 16.0. The molecule has 0 heterocycles. The number of carbonyl (C=O) groups excluding carboxylic acids is 1. The second kappa shape index (κ2) is 7.41. The van der Waals surface area contributed by atoms with Crippen LogP contribution in [0.15, 0.2) is 0 Å². The minimum absolute atomic E-state index is 0.155. The monoisotopic (exact) mass is 287 g/mol. The van der Waals surface area contributed by atoms with E-state index >= 15 is 0 Å². The van der Waals surface area contributed by atoms with Crippen molar-refractivity contribution in [3.8, 4) is 0 Å². The standard InChI is InChI=1S/C16H33NO3/c1-8-16(7,20-12-14(2,3)4)9-10-19-15(5,6)11-13(17)18/h8-12H2,1-7H3,(H2,17,18). The van der Waals surface area contributed by atoms with Crippen molar-refractivity contribution in [3.63, 3.8) is 0 Å². The molecule has 4 heteroatoms. The van der Waals surface area contributed by atoms with Crippen LogP contribution in [0.1, 0.15) is 67.7 Å². The van der Waals surface area contributed by atoms with Gasteiger partial charge in [-0.2, -0.15) is 0 Å². The molecule has 0 saturated heterocycles. The van der Waals surface area contributed by atoms with Crippen LogP contribution in [-0.4, -0.2) is 30.3 Å². The van der Waals surface area contributed by atoms with Gasteiger partial charge >= 0.3 is 0 Å². The number of amides is 1. The van der Waals surface area contributed by atoms with Gasteiger partial charge in [0.05, 0.1) is 30.8 Å². The zero-order valence-corrected chi connectivity index (χ0v) is 14.3. The molecule has 1 atom stereocenters. The number of primary amides is 1. The van der Waals surface area contributed by atoms with E-state index in [4.69, 9.17) is 15.2 Å². The van der Waals surface area contributed by atoms with E-state index in [2.05, 4.69) is 34.6 Å². The Morgan fingerprint density at radius 2 is 1.60 bits per heavy atom. The average molecular weight is 287 g/mol. The van der Waals surface area contributed by atoms with Crippen LogP contribution >= 0.6 is 0 Å². The van der Waals surface area contributed by atoms with Crippen molar-refractivity contribution in [1.82, 2.24) is 0 Å². The van der Waals surface area contributed by atoms with Crippen LogP contribution in [0.3, 0.4) is 0 Å². The molecule has 0 radical (unpaired) electrons. The highest BCUT2D eigenvalue weighted by atomic mass is 16.5. The van der Waals surface area contributed by atoms with Crippen molar-refractivity contribution in [2.75, 3.05) is 13.2 Å². The maximum Gasteiger partial charge on any atom is 0.220 e. The Hall–Kier alpha value is -0.610. The molecule has 0 aromatic rings. The molecule has 1 amide bonds. The minimum atomic E-state index is -0.509. The molecule has 1 unspecified atom stereocenters. The van der Waals surface area contributed by atoms with E-state index in [-0.39, 0.29) is 23.3 Å². The average Bonchev–Trinajstić information content (AvgIpc) is 2.23. The lowest BCUT2D eigenvalue weighted by Crippen LogP contribution is -2.36. The maximum atomic E-state index is 11.0. The molecular weight excluding hydrogens is 254 g/mol. The molecule has 2 N–H and O–H groups in total. The lowest BCUT2D eigenvalue weighted by atomic mass is 9.95. The minimum Gasteiger partial charge on any atom is -0.375 e. The van der Waals surface area contributed by atoms with E-state index in [1.165, 1.54) is 0 Å². The van der Waals surface area contributed by atoms with Gasteiger partial charge in [0, 0.05) is 0 Å². The van der Waals surface area contributed by atoms with E-state index < -0.39 is 5.60 Å². The first-order chi connectivity index (χ1) is 8.89. The number of hydrogen-bond donors (Lipinski definition) is 1. The van der Waals surface area contributed by atoms with Crippen LogP contribution in [0.5, 0.6) is 0 Å². The smallest absolute Gasteiger partial charge is 0.220 e. The Balaban J connectivity index is 4.27. The molecule has 0 aliphatic carbocycles. The lowest BCUT2D eigenvalue weighted by molar-refractivity contribution is -0.127. The van der Waals surface area contributed by atoms with Crippen LogP contribution in [0.2, 0.25) is 0 Å². The van der Waals surface area contributed by atoms with Gasteiger partial charge in [0.1, 0.15) is 0 Å². The van der Waals surface area contributed by atoms with Gasteiger partial charge in [-0.05, 0) is 39.0 Å². The summed E-state index contributed by atoms with van der Waals surface area (Å²) in [4.78, 5) is 11.0. The summed E-state index contributed by atoms with van der Waals surface area (Å²) in [5.41, 5.74) is 4.68. The van der Waals surface area contributed by atoms with Gasteiger partial charge in [-0.25, -0.2) is 0 Å². The summed E-state index contributed by atoms with van der Waals surface area (Å²) in [6.07, 6.45) is 1.98. The van der Waals surface area contributed by atoms with Gasteiger partial charge in [-0.3, -0.25) is 4.79 Å². The predicted molar refractivity (Wildman–Crippen MR) is 82.6 cm³/mol. The summed E-state index contributed by atoms with van der Waals surface area (Å²) in [5, 5.41) is 0. The van der Waals surface area contributed by atoms with Crippen LogP contribution < -0.4 is 5.73 Å². The molecule has 0 aliphatic rings. The highest BCUT2D eigenvalue weighted by molar-refractivity contribution is 5.74. The maximum absolute atomic E-state index is 11.0. The lowest BCUT2D eigenvalue weighted by Gasteiger charge is -2.33. The molecular formula is C16H33NO3. The summed E-state index contributed by atoms with van der Waals surface area (Å²) >= 11 is 0. The number of hydrogen-bond acceptors (Lipinski definition) is 3. The van der Waals surface area contributed by atoms with Gasteiger partial charge in [0.2, 0.25) is 5.91 Å². The van der Waals surface area contributed by atoms with Crippen molar-refractivity contribution in [3.05, 3.63) is 0 Å². The summed E-state index contributed by atoms with van der Waals surface area (Å²) in [6, 6.07) is 0. The quantitative estimate of drug-likeness (QED) is 0.708. The Morgan fingerprint density at radius 1 is 1.05 bits per heavy atom. The number of ether oxygens (including phenoxy) is 2. The third kappa shape index (κ3) is 9.32. The molecule has 0 saturated carbocycles. The predicted octanol–water partition coefficient (Wildman–Crippen LogP) is 3.28. The van der Waals surface area contributed by atoms with Crippen molar-refractivity contribution in [2.45, 2.75) is 78.9 Å². The third-order valence-electron chi connectivity index (χ3n) is 3.33. The van der Waals surface area contributed by atoms with Crippen LogP contribution in [0, 0.1) is 5.41 Å². The Kier molecular flexibility index (Phi) is 7.19. The second-order valence-corrected chi connectivity index (χ2v) is 7.65. The summed E-state index contributed by atoms with van der Waals surface area (Å²) in [7, 11) is 0. The SMILES string of the molecule is CCC(C)(CCOC(C)(C)CC(N)=O)OCC(C)(C)C. The fourth-order valence-corrected chi connectivity index (χ4v) is 1.76. The van der Waals surface area contributed by atoms with Gasteiger partial charge in [-0.1, -0.05) is 27.7 Å². The third-order valence-corrected chi connectivity index (χ3v) is 3.33. The summed E-state index contributed by atoms with van der Waals surface area (Å²) in [6.45, 7) is 15.8. The van der Waals surface area contributed by atoms with Crippen molar-refractivity contribution >= 4 is 5.91 Å². The summed E-state index contributed by atoms with van der Waals surface area (Å²) in [5.74, 6) is -0.336. The topological polar surface area (TPSA) is 61.5 Å². The number of nitrogens with two attached hydrogens (primary N) is 1. The Morgan fingerprint density at radius 3 is 2.00 bits per heavy atom. The molecule has 0 bridgehead atoms. The fraction of sp³-hybridized carbons (Fsp3) is 0.938. The van der Waals surface area contributed by atoms with Crippen molar-refractivity contribution < 1.29 is 14.3 Å². The molecule has 120 valence electrons. The first kappa shape index (κ1) is 19.4. The van der Waals surface area contributed by atoms with Crippen molar-refractivity contribution in [1.29, 1.82) is 0 Å². The fourth-order valence-electron chi connectivity index (χ4n) is 1.76. The highest BCUT2D eigenvalue weighted by Gasteiger charge is 2.27. The van der Waals surface area contributed by atoms with Crippen LogP contribution in [0.25, 0.3) is 0 Å². The first-order valence-electron chi connectivity index (χ1n) is 7.45. The molecule has 0 aliphatic heterocycles. The molecule has 0 aromatic heterocycles. The Bertz CT molecular complexity index is 307. The van der Waals surface area contributed by atoms with E-state index in [0.29, 0.717) is 6.61 Å². The van der Waals surface area contributed by atoms with E-state index in [1.54, 1.807) is 0 Å². The molecule has 4 nitrogen and oxygen atoms in total. The van der Waals surface area contributed by atoms with Crippen LogP contribution in [-0.2, 0) is 14.3 Å². The Labute approximate surface area is 124 Å². The molecule has 0 rings (SSSR count).